The van der Waals surface area contributed by atoms with E-state index in [-0.39, 0.29) is 0 Å². The van der Waals surface area contributed by atoms with Crippen LogP contribution in [0.25, 0.3) is 0 Å². The average molecular weight is 189 g/mol. The molecule has 13 heavy (non-hydrogen) atoms. The standard InChI is InChI=1S/C9H19NO3/c1-5-7(11)10-8(12)13-9(3,4)6-2/h7,11H,5-6H2,1-4H3,(H,10,12). The van der Waals surface area contributed by atoms with Gasteiger partial charge in [0, 0.05) is 0 Å². The number of amides is 1. The van der Waals surface area contributed by atoms with Gasteiger partial charge >= 0.3 is 6.09 Å². The second-order valence-corrected chi connectivity index (χ2v) is 3.57. The van der Waals surface area contributed by atoms with Crippen LogP contribution in [0.15, 0.2) is 0 Å². The first-order valence-corrected chi connectivity index (χ1v) is 4.59. The van der Waals surface area contributed by atoms with Gasteiger partial charge in [0.15, 0.2) is 0 Å². The molecule has 0 aliphatic rings. The van der Waals surface area contributed by atoms with E-state index in [1.807, 2.05) is 20.8 Å². The zero-order valence-corrected chi connectivity index (χ0v) is 8.76. The molecular formula is C9H19NO3. The summed E-state index contributed by atoms with van der Waals surface area (Å²) >= 11 is 0. The molecule has 4 nitrogen and oxygen atoms in total. The molecule has 0 bridgehead atoms. The normalized spacial score (nSPS) is 13.6. The van der Waals surface area contributed by atoms with Crippen LogP contribution >= 0.6 is 0 Å². The molecule has 0 saturated carbocycles. The highest BCUT2D eigenvalue weighted by molar-refractivity contribution is 5.67. The van der Waals surface area contributed by atoms with Crippen LogP contribution in [0.1, 0.15) is 40.5 Å². The molecule has 1 unspecified atom stereocenters. The molecule has 4 heteroatoms. The fourth-order valence-corrected chi connectivity index (χ4v) is 0.591. The molecule has 78 valence electrons. The van der Waals surface area contributed by atoms with Crippen molar-refractivity contribution >= 4 is 6.09 Å². The SMILES string of the molecule is CCC(O)NC(=O)OC(C)(C)CC. The van der Waals surface area contributed by atoms with E-state index in [4.69, 9.17) is 9.84 Å². The van der Waals surface area contributed by atoms with Gasteiger partial charge in [-0.1, -0.05) is 13.8 Å². The molecule has 1 amide bonds. The van der Waals surface area contributed by atoms with Crippen LogP contribution < -0.4 is 5.32 Å². The van der Waals surface area contributed by atoms with Crippen molar-refractivity contribution in [2.24, 2.45) is 0 Å². The van der Waals surface area contributed by atoms with Crippen LogP contribution in [0.2, 0.25) is 0 Å². The number of nitrogens with one attached hydrogen (secondary N) is 1. The van der Waals surface area contributed by atoms with E-state index < -0.39 is 17.9 Å². The summed E-state index contributed by atoms with van der Waals surface area (Å²) < 4.78 is 5.05. The number of alkyl carbamates (subject to hydrolysis) is 1. The van der Waals surface area contributed by atoms with Crippen molar-refractivity contribution in [3.05, 3.63) is 0 Å². The minimum atomic E-state index is -0.819. The van der Waals surface area contributed by atoms with Crippen LogP contribution in [0, 0.1) is 0 Å². The first-order chi connectivity index (χ1) is 5.91. The number of aliphatic hydroxyl groups excluding tert-OH is 1. The topological polar surface area (TPSA) is 58.6 Å². The highest BCUT2D eigenvalue weighted by Gasteiger charge is 2.20. The average Bonchev–Trinajstić information content (AvgIpc) is 2.03. The maximum atomic E-state index is 11.1. The van der Waals surface area contributed by atoms with Crippen molar-refractivity contribution in [3.63, 3.8) is 0 Å². The molecule has 0 aromatic carbocycles. The largest absolute Gasteiger partial charge is 0.444 e. The second kappa shape index (κ2) is 5.07. The Kier molecular flexibility index (Phi) is 4.77. The summed E-state index contributed by atoms with van der Waals surface area (Å²) in [5.74, 6) is 0. The maximum absolute atomic E-state index is 11.1. The Bertz CT molecular complexity index is 168. The fraction of sp³-hybridized carbons (Fsp3) is 0.889. The van der Waals surface area contributed by atoms with Crippen molar-refractivity contribution < 1.29 is 14.6 Å². The zero-order chi connectivity index (χ0) is 10.5. The van der Waals surface area contributed by atoms with Crippen LogP contribution in [0.3, 0.4) is 0 Å². The molecule has 0 aromatic rings. The molecule has 0 aliphatic carbocycles. The van der Waals surface area contributed by atoms with Crippen LogP contribution in [0.5, 0.6) is 0 Å². The lowest BCUT2D eigenvalue weighted by Gasteiger charge is -2.24. The molecule has 0 rings (SSSR count). The van der Waals surface area contributed by atoms with E-state index in [2.05, 4.69) is 5.32 Å². The third kappa shape index (κ3) is 5.47. The zero-order valence-electron chi connectivity index (χ0n) is 8.76. The Labute approximate surface area is 79.3 Å². The van der Waals surface area contributed by atoms with E-state index in [9.17, 15) is 4.79 Å². The summed E-state index contributed by atoms with van der Waals surface area (Å²) in [5, 5.41) is 11.4. The first-order valence-electron chi connectivity index (χ1n) is 4.59. The molecule has 0 saturated heterocycles. The molecule has 1 atom stereocenters. The Hall–Kier alpha value is -0.770. The lowest BCUT2D eigenvalue weighted by molar-refractivity contribution is 0.0220. The summed E-state index contributed by atoms with van der Waals surface area (Å²) in [6, 6.07) is 0. The molecule has 2 N–H and O–H groups in total. The summed E-state index contributed by atoms with van der Waals surface area (Å²) in [6.45, 7) is 7.36. The van der Waals surface area contributed by atoms with Gasteiger partial charge in [-0.05, 0) is 26.7 Å². The van der Waals surface area contributed by atoms with Crippen LogP contribution in [-0.2, 0) is 4.74 Å². The molecule has 0 radical (unpaired) electrons. The van der Waals surface area contributed by atoms with Crippen molar-refractivity contribution in [1.29, 1.82) is 0 Å². The van der Waals surface area contributed by atoms with Gasteiger partial charge in [-0.25, -0.2) is 4.79 Å². The Morgan fingerprint density at radius 2 is 2.08 bits per heavy atom. The number of aliphatic hydroxyl groups is 1. The van der Waals surface area contributed by atoms with Crippen molar-refractivity contribution in [1.82, 2.24) is 5.32 Å². The molecule has 0 aliphatic heterocycles. The molecular weight excluding hydrogens is 170 g/mol. The minimum absolute atomic E-state index is 0.474. The number of carbonyl (C=O) groups is 1. The predicted molar refractivity (Wildman–Crippen MR) is 50.3 cm³/mol. The highest BCUT2D eigenvalue weighted by Crippen LogP contribution is 2.13. The third-order valence-electron chi connectivity index (χ3n) is 1.89. The Balaban J connectivity index is 3.87. The van der Waals surface area contributed by atoms with Gasteiger partial charge in [0.05, 0.1) is 0 Å². The number of carbonyl (C=O) groups excluding carboxylic acids is 1. The summed E-state index contributed by atoms with van der Waals surface area (Å²) in [7, 11) is 0. The number of hydrogen-bond acceptors (Lipinski definition) is 3. The summed E-state index contributed by atoms with van der Waals surface area (Å²) in [6.07, 6.45) is -0.175. The lowest BCUT2D eigenvalue weighted by atomic mass is 10.1. The van der Waals surface area contributed by atoms with E-state index in [0.717, 1.165) is 6.42 Å². The summed E-state index contributed by atoms with van der Waals surface area (Å²) in [5.41, 5.74) is -0.475. The van der Waals surface area contributed by atoms with Gasteiger partial charge in [0.25, 0.3) is 0 Å². The van der Waals surface area contributed by atoms with Crippen LogP contribution in [0.4, 0.5) is 4.79 Å². The number of ether oxygens (including phenoxy) is 1. The second-order valence-electron chi connectivity index (χ2n) is 3.57. The van der Waals surface area contributed by atoms with Crippen molar-refractivity contribution in [2.45, 2.75) is 52.4 Å². The van der Waals surface area contributed by atoms with Crippen molar-refractivity contribution in [2.75, 3.05) is 0 Å². The number of hydrogen-bond donors (Lipinski definition) is 2. The van der Waals surface area contributed by atoms with Gasteiger partial charge in [0.2, 0.25) is 0 Å². The first kappa shape index (κ1) is 12.2. The fourth-order valence-electron chi connectivity index (χ4n) is 0.591. The van der Waals surface area contributed by atoms with E-state index in [0.29, 0.717) is 6.42 Å². The lowest BCUT2D eigenvalue weighted by Crippen LogP contribution is -2.39. The minimum Gasteiger partial charge on any atom is -0.444 e. The predicted octanol–water partition coefficient (Wildman–Crippen LogP) is 1.63. The highest BCUT2D eigenvalue weighted by atomic mass is 16.6. The molecule has 0 spiro atoms. The Morgan fingerprint density at radius 1 is 1.54 bits per heavy atom. The smallest absolute Gasteiger partial charge is 0.409 e. The monoisotopic (exact) mass is 189 g/mol. The van der Waals surface area contributed by atoms with Gasteiger partial charge in [-0.15, -0.1) is 0 Å². The van der Waals surface area contributed by atoms with Crippen LogP contribution in [-0.4, -0.2) is 23.0 Å². The van der Waals surface area contributed by atoms with Gasteiger partial charge in [-0.2, -0.15) is 0 Å². The number of rotatable bonds is 4. The molecule has 0 aromatic heterocycles. The molecule has 0 heterocycles. The Morgan fingerprint density at radius 3 is 2.46 bits per heavy atom. The van der Waals surface area contributed by atoms with Gasteiger partial charge in [-0.3, -0.25) is 5.32 Å². The third-order valence-corrected chi connectivity index (χ3v) is 1.89. The van der Waals surface area contributed by atoms with E-state index >= 15 is 0 Å². The van der Waals surface area contributed by atoms with Gasteiger partial charge < -0.3 is 9.84 Å². The van der Waals surface area contributed by atoms with E-state index in [1.165, 1.54) is 0 Å². The quantitative estimate of drug-likeness (QED) is 0.661. The van der Waals surface area contributed by atoms with Crippen molar-refractivity contribution in [3.8, 4) is 0 Å². The van der Waals surface area contributed by atoms with Gasteiger partial charge in [0.1, 0.15) is 11.8 Å². The molecule has 0 fully saturated rings. The maximum Gasteiger partial charge on any atom is 0.409 e. The summed E-state index contributed by atoms with van der Waals surface area (Å²) in [4.78, 5) is 11.1. The van der Waals surface area contributed by atoms with E-state index in [1.54, 1.807) is 6.92 Å².